The Morgan fingerprint density at radius 3 is 1.87 bits per heavy atom. The average Bonchev–Trinajstić information content (AvgIpc) is 2.10. The third-order valence-electron chi connectivity index (χ3n) is 2.17. The number of rotatable bonds is 1. The van der Waals surface area contributed by atoms with Crippen molar-refractivity contribution in [1.82, 2.24) is 0 Å². The first kappa shape index (κ1) is 12.0. The maximum absolute atomic E-state index is 13.1. The van der Waals surface area contributed by atoms with Crippen LogP contribution in [0.15, 0.2) is 12.1 Å². The van der Waals surface area contributed by atoms with Gasteiger partial charge in [0.1, 0.15) is 11.9 Å². The second-order valence-electron chi connectivity index (χ2n) is 3.49. The SMILES string of the molecule is Cc1cc([C@H](N)C(F)(F)F)cc(C)c1F. The Morgan fingerprint density at radius 1 is 1.13 bits per heavy atom. The zero-order valence-electron chi connectivity index (χ0n) is 8.32. The molecule has 5 heteroatoms. The molecule has 1 aromatic carbocycles. The number of halogens is 4. The molecule has 84 valence electrons. The van der Waals surface area contributed by atoms with Crippen molar-refractivity contribution in [3.05, 3.63) is 34.6 Å². The van der Waals surface area contributed by atoms with Crippen LogP contribution in [-0.2, 0) is 0 Å². The normalized spacial score (nSPS) is 14.1. The highest BCUT2D eigenvalue weighted by Crippen LogP contribution is 2.31. The molecule has 0 aliphatic heterocycles. The van der Waals surface area contributed by atoms with E-state index in [2.05, 4.69) is 0 Å². The summed E-state index contributed by atoms with van der Waals surface area (Å²) in [5.41, 5.74) is 5.24. The molecule has 1 atom stereocenters. The van der Waals surface area contributed by atoms with Gasteiger partial charge < -0.3 is 5.73 Å². The van der Waals surface area contributed by atoms with Gasteiger partial charge in [0.2, 0.25) is 0 Å². The lowest BCUT2D eigenvalue weighted by Crippen LogP contribution is -2.28. The number of hydrogen-bond acceptors (Lipinski definition) is 1. The molecule has 1 aromatic rings. The predicted molar refractivity (Wildman–Crippen MR) is 48.9 cm³/mol. The van der Waals surface area contributed by atoms with Crippen LogP contribution in [-0.4, -0.2) is 6.18 Å². The lowest BCUT2D eigenvalue weighted by molar-refractivity contribution is -0.149. The molecular weight excluding hydrogens is 210 g/mol. The standard InChI is InChI=1S/C10H11F4N/c1-5-3-7(4-6(2)8(5)11)9(15)10(12,13)14/h3-4,9H,15H2,1-2H3/t9-/m0/s1. The molecule has 0 aliphatic rings. The smallest absolute Gasteiger partial charge is 0.316 e. The van der Waals surface area contributed by atoms with Crippen LogP contribution in [0.4, 0.5) is 17.6 Å². The van der Waals surface area contributed by atoms with Crippen molar-refractivity contribution in [1.29, 1.82) is 0 Å². The van der Waals surface area contributed by atoms with E-state index in [4.69, 9.17) is 5.73 Å². The zero-order valence-corrected chi connectivity index (χ0v) is 8.32. The zero-order chi connectivity index (χ0) is 11.8. The van der Waals surface area contributed by atoms with Crippen molar-refractivity contribution in [3.8, 4) is 0 Å². The van der Waals surface area contributed by atoms with Crippen molar-refractivity contribution in [2.45, 2.75) is 26.1 Å². The third-order valence-corrected chi connectivity index (χ3v) is 2.17. The van der Waals surface area contributed by atoms with Crippen molar-refractivity contribution in [3.63, 3.8) is 0 Å². The van der Waals surface area contributed by atoms with E-state index >= 15 is 0 Å². The molecule has 0 spiro atoms. The minimum atomic E-state index is -4.50. The van der Waals surface area contributed by atoms with Crippen LogP contribution >= 0.6 is 0 Å². The second-order valence-corrected chi connectivity index (χ2v) is 3.49. The Labute approximate surface area is 84.9 Å². The van der Waals surface area contributed by atoms with Crippen LogP contribution in [0, 0.1) is 19.7 Å². The van der Waals surface area contributed by atoms with Crippen molar-refractivity contribution in [2.24, 2.45) is 5.73 Å². The number of nitrogens with two attached hydrogens (primary N) is 1. The molecule has 0 fully saturated rings. The second kappa shape index (κ2) is 3.81. The lowest BCUT2D eigenvalue weighted by Gasteiger charge is -2.17. The molecule has 0 aromatic heterocycles. The van der Waals surface area contributed by atoms with Crippen molar-refractivity contribution >= 4 is 0 Å². The van der Waals surface area contributed by atoms with Crippen LogP contribution in [0.1, 0.15) is 22.7 Å². The van der Waals surface area contributed by atoms with Crippen LogP contribution < -0.4 is 5.73 Å². The van der Waals surface area contributed by atoms with Gasteiger partial charge in [-0.2, -0.15) is 13.2 Å². The van der Waals surface area contributed by atoms with E-state index in [0.717, 1.165) is 12.1 Å². The van der Waals surface area contributed by atoms with Gasteiger partial charge >= 0.3 is 6.18 Å². The Balaban J connectivity index is 3.17. The van der Waals surface area contributed by atoms with Crippen molar-refractivity contribution < 1.29 is 17.6 Å². The molecular formula is C10H11F4N. The van der Waals surface area contributed by atoms with Crippen LogP contribution in [0.5, 0.6) is 0 Å². The van der Waals surface area contributed by atoms with E-state index in [1.807, 2.05) is 0 Å². The highest BCUT2D eigenvalue weighted by Gasteiger charge is 2.38. The fourth-order valence-electron chi connectivity index (χ4n) is 1.35. The van der Waals surface area contributed by atoms with Gasteiger partial charge in [-0.1, -0.05) is 12.1 Å². The minimum Gasteiger partial charge on any atom is -0.316 e. The number of alkyl halides is 3. The maximum atomic E-state index is 13.1. The van der Waals surface area contributed by atoms with E-state index in [1.54, 1.807) is 0 Å². The minimum absolute atomic E-state index is 0.112. The van der Waals surface area contributed by atoms with Gasteiger partial charge in [-0.05, 0) is 30.5 Å². The maximum Gasteiger partial charge on any atom is 0.407 e. The molecule has 2 N–H and O–H groups in total. The topological polar surface area (TPSA) is 26.0 Å². The largest absolute Gasteiger partial charge is 0.407 e. The molecule has 0 saturated heterocycles. The first-order valence-electron chi connectivity index (χ1n) is 4.32. The van der Waals surface area contributed by atoms with Gasteiger partial charge in [-0.3, -0.25) is 0 Å². The molecule has 0 radical (unpaired) electrons. The van der Waals surface area contributed by atoms with E-state index < -0.39 is 18.0 Å². The fourth-order valence-corrected chi connectivity index (χ4v) is 1.35. The molecule has 1 rings (SSSR count). The highest BCUT2D eigenvalue weighted by atomic mass is 19.4. The van der Waals surface area contributed by atoms with E-state index in [0.29, 0.717) is 0 Å². The van der Waals surface area contributed by atoms with Gasteiger partial charge in [0.25, 0.3) is 0 Å². The monoisotopic (exact) mass is 221 g/mol. The molecule has 1 nitrogen and oxygen atoms in total. The number of benzene rings is 1. The number of aryl methyl sites for hydroxylation is 2. The average molecular weight is 221 g/mol. The molecule has 0 amide bonds. The molecule has 0 unspecified atom stereocenters. The van der Waals surface area contributed by atoms with E-state index in [-0.39, 0.29) is 16.7 Å². The van der Waals surface area contributed by atoms with Crippen LogP contribution in [0.25, 0.3) is 0 Å². The first-order chi connectivity index (χ1) is 6.73. The Hall–Kier alpha value is -1.10. The van der Waals surface area contributed by atoms with Crippen molar-refractivity contribution in [2.75, 3.05) is 0 Å². The molecule has 0 heterocycles. The highest BCUT2D eigenvalue weighted by molar-refractivity contribution is 5.32. The van der Waals surface area contributed by atoms with Gasteiger partial charge in [-0.15, -0.1) is 0 Å². The number of hydrogen-bond donors (Lipinski definition) is 1. The Kier molecular flexibility index (Phi) is 3.04. The summed E-state index contributed by atoms with van der Waals surface area (Å²) in [6, 6.07) is 0.191. The first-order valence-corrected chi connectivity index (χ1v) is 4.32. The summed E-state index contributed by atoms with van der Waals surface area (Å²) in [4.78, 5) is 0. The fraction of sp³-hybridized carbons (Fsp3) is 0.400. The third kappa shape index (κ3) is 2.47. The summed E-state index contributed by atoms with van der Waals surface area (Å²) in [6.45, 7) is 2.82. The Bertz CT molecular complexity index is 347. The summed E-state index contributed by atoms with van der Waals surface area (Å²) < 4.78 is 50.0. The van der Waals surface area contributed by atoms with Gasteiger partial charge in [0.05, 0.1) is 0 Å². The van der Waals surface area contributed by atoms with Gasteiger partial charge in [0.15, 0.2) is 0 Å². The summed E-state index contributed by atoms with van der Waals surface area (Å²) in [5.74, 6) is -0.492. The molecule has 15 heavy (non-hydrogen) atoms. The van der Waals surface area contributed by atoms with Gasteiger partial charge in [0, 0.05) is 0 Å². The molecule has 0 aliphatic carbocycles. The van der Waals surface area contributed by atoms with Gasteiger partial charge in [-0.25, -0.2) is 4.39 Å². The summed E-state index contributed by atoms with van der Waals surface area (Å²) in [7, 11) is 0. The van der Waals surface area contributed by atoms with E-state index in [9.17, 15) is 17.6 Å². The molecule has 0 saturated carbocycles. The predicted octanol–water partition coefficient (Wildman–Crippen LogP) is 3.00. The van der Waals surface area contributed by atoms with Crippen LogP contribution in [0.2, 0.25) is 0 Å². The summed E-state index contributed by atoms with van der Waals surface area (Å²) in [6.07, 6.45) is -4.50. The molecule has 0 bridgehead atoms. The lowest BCUT2D eigenvalue weighted by atomic mass is 10.0. The summed E-state index contributed by atoms with van der Waals surface area (Å²) in [5, 5.41) is 0. The summed E-state index contributed by atoms with van der Waals surface area (Å²) >= 11 is 0. The van der Waals surface area contributed by atoms with Crippen LogP contribution in [0.3, 0.4) is 0 Å². The van der Waals surface area contributed by atoms with E-state index in [1.165, 1.54) is 13.8 Å². The Morgan fingerprint density at radius 2 is 1.53 bits per heavy atom. The quantitative estimate of drug-likeness (QED) is 0.725.